The van der Waals surface area contributed by atoms with Crippen molar-refractivity contribution in [3.05, 3.63) is 10.5 Å². The molecule has 0 amide bonds. The van der Waals surface area contributed by atoms with Gasteiger partial charge in [0.2, 0.25) is 0 Å². The first kappa shape index (κ1) is 5.64. The van der Waals surface area contributed by atoms with Crippen LogP contribution in [0.4, 0.5) is 0 Å². The fourth-order valence-electron chi connectivity index (χ4n) is 0.944. The minimum Gasteiger partial charge on any atom is -0.244 e. The van der Waals surface area contributed by atoms with Crippen LogP contribution in [0.25, 0.3) is 0 Å². The molecule has 5 nitrogen and oxygen atoms in total. The summed E-state index contributed by atoms with van der Waals surface area (Å²) in [6, 6.07) is 0. The molecule has 0 radical (unpaired) electrons. The van der Waals surface area contributed by atoms with Gasteiger partial charge in [-0.1, -0.05) is 0 Å². The molecule has 0 saturated heterocycles. The fourth-order valence-corrected chi connectivity index (χ4v) is 0.944. The third-order valence-electron chi connectivity index (χ3n) is 1.96. The van der Waals surface area contributed by atoms with Crippen molar-refractivity contribution in [1.82, 2.24) is 20.2 Å². The molecule has 1 aliphatic carbocycles. The second-order valence-corrected chi connectivity index (χ2v) is 2.92. The van der Waals surface area contributed by atoms with Gasteiger partial charge in [-0.25, -0.2) is 9.89 Å². The summed E-state index contributed by atoms with van der Waals surface area (Å²) in [7, 11) is 0. The Morgan fingerprint density at radius 2 is 2.40 bits per heavy atom. The number of aromatic nitrogens is 4. The summed E-state index contributed by atoms with van der Waals surface area (Å²) < 4.78 is 1.41. The van der Waals surface area contributed by atoms with Crippen molar-refractivity contribution in [1.29, 1.82) is 0 Å². The van der Waals surface area contributed by atoms with Crippen molar-refractivity contribution in [3.8, 4) is 0 Å². The van der Waals surface area contributed by atoms with Crippen LogP contribution in [0.1, 0.15) is 19.8 Å². The second kappa shape index (κ2) is 1.47. The van der Waals surface area contributed by atoms with Gasteiger partial charge >= 0.3 is 5.69 Å². The van der Waals surface area contributed by atoms with E-state index in [-0.39, 0.29) is 11.2 Å². The van der Waals surface area contributed by atoms with Gasteiger partial charge in [0.05, 0.1) is 5.54 Å². The molecule has 1 saturated carbocycles. The lowest BCUT2D eigenvalue weighted by Gasteiger charge is -2.02. The summed E-state index contributed by atoms with van der Waals surface area (Å²) in [5.74, 6) is 0. The Balaban J connectivity index is 2.51. The Morgan fingerprint density at radius 3 is 2.80 bits per heavy atom. The van der Waals surface area contributed by atoms with E-state index in [1.807, 2.05) is 6.92 Å². The molecule has 54 valence electrons. The van der Waals surface area contributed by atoms with Gasteiger partial charge in [-0.3, -0.25) is 0 Å². The van der Waals surface area contributed by atoms with E-state index in [0.29, 0.717) is 0 Å². The number of hydrogen-bond donors (Lipinski definition) is 1. The van der Waals surface area contributed by atoms with Gasteiger partial charge in [0, 0.05) is 0 Å². The molecule has 1 heterocycles. The average Bonchev–Trinajstić information content (AvgIpc) is 2.44. The van der Waals surface area contributed by atoms with E-state index >= 15 is 0 Å². The maximum atomic E-state index is 10.9. The molecular weight excluding hydrogens is 132 g/mol. The molecule has 1 aliphatic rings. The Morgan fingerprint density at radius 1 is 1.70 bits per heavy atom. The molecule has 1 aromatic heterocycles. The SMILES string of the molecule is CC1(n2nn[nH]c2=O)CC1. The monoisotopic (exact) mass is 140 g/mol. The van der Waals surface area contributed by atoms with E-state index in [4.69, 9.17) is 0 Å². The predicted molar refractivity (Wildman–Crippen MR) is 33.5 cm³/mol. The van der Waals surface area contributed by atoms with Crippen LogP contribution in [0.15, 0.2) is 4.79 Å². The molecule has 1 aromatic rings. The van der Waals surface area contributed by atoms with Gasteiger partial charge in [0.15, 0.2) is 0 Å². The number of rotatable bonds is 1. The minimum atomic E-state index is -0.208. The molecule has 0 atom stereocenters. The number of nitrogens with zero attached hydrogens (tertiary/aromatic N) is 3. The molecule has 1 fully saturated rings. The highest BCUT2D eigenvalue weighted by atomic mass is 16.2. The van der Waals surface area contributed by atoms with Crippen molar-refractivity contribution in [2.24, 2.45) is 0 Å². The van der Waals surface area contributed by atoms with E-state index < -0.39 is 0 Å². The van der Waals surface area contributed by atoms with Gasteiger partial charge in [0.1, 0.15) is 0 Å². The third kappa shape index (κ3) is 0.600. The summed E-state index contributed by atoms with van der Waals surface area (Å²) >= 11 is 0. The van der Waals surface area contributed by atoms with Crippen LogP contribution in [0.2, 0.25) is 0 Å². The Hall–Kier alpha value is -1.13. The zero-order chi connectivity index (χ0) is 7.19. The number of aromatic amines is 1. The second-order valence-electron chi connectivity index (χ2n) is 2.92. The van der Waals surface area contributed by atoms with Crippen LogP contribution in [-0.4, -0.2) is 20.2 Å². The van der Waals surface area contributed by atoms with Gasteiger partial charge < -0.3 is 0 Å². The molecule has 0 aromatic carbocycles. The zero-order valence-corrected chi connectivity index (χ0v) is 5.66. The molecule has 1 N–H and O–H groups in total. The molecule has 0 aliphatic heterocycles. The zero-order valence-electron chi connectivity index (χ0n) is 5.66. The maximum absolute atomic E-state index is 10.9. The summed E-state index contributed by atoms with van der Waals surface area (Å²) in [4.78, 5) is 10.9. The van der Waals surface area contributed by atoms with Crippen molar-refractivity contribution < 1.29 is 0 Å². The largest absolute Gasteiger partial charge is 0.361 e. The summed E-state index contributed by atoms with van der Waals surface area (Å²) in [6.07, 6.45) is 2.05. The van der Waals surface area contributed by atoms with Crippen molar-refractivity contribution in [3.63, 3.8) is 0 Å². The van der Waals surface area contributed by atoms with Gasteiger partial charge in [-0.05, 0) is 30.2 Å². The molecule has 10 heavy (non-hydrogen) atoms. The lowest BCUT2D eigenvalue weighted by molar-refractivity contribution is 0.445. The Labute approximate surface area is 57.0 Å². The third-order valence-corrected chi connectivity index (χ3v) is 1.96. The first-order valence-corrected chi connectivity index (χ1v) is 3.23. The highest BCUT2D eigenvalue weighted by Crippen LogP contribution is 2.40. The topological polar surface area (TPSA) is 63.6 Å². The molecule has 5 heteroatoms. The molecule has 0 spiro atoms. The average molecular weight is 140 g/mol. The highest BCUT2D eigenvalue weighted by molar-refractivity contribution is 4.93. The predicted octanol–water partition coefficient (Wildman–Crippen LogP) is -0.525. The number of nitrogens with one attached hydrogen (secondary N) is 1. The van der Waals surface area contributed by atoms with Crippen molar-refractivity contribution in [2.45, 2.75) is 25.3 Å². The van der Waals surface area contributed by atoms with E-state index in [9.17, 15) is 4.79 Å². The van der Waals surface area contributed by atoms with Gasteiger partial charge in [-0.15, -0.1) is 0 Å². The van der Waals surface area contributed by atoms with Gasteiger partial charge in [0.25, 0.3) is 0 Å². The minimum absolute atomic E-state index is 0.0376. The molecule has 0 unspecified atom stereocenters. The first-order chi connectivity index (χ1) is 4.72. The maximum Gasteiger partial charge on any atom is 0.361 e. The number of tetrazole rings is 1. The summed E-state index contributed by atoms with van der Waals surface area (Å²) in [5, 5.41) is 9.31. The number of H-pyrrole nitrogens is 1. The standard InChI is InChI=1S/C5H8N4O/c1-5(2-3-5)9-4(10)6-7-8-9/h2-3H2,1H3,(H,6,8,10). The van der Waals surface area contributed by atoms with Crippen LogP contribution in [-0.2, 0) is 5.54 Å². The molecule has 2 rings (SSSR count). The Kier molecular flexibility index (Phi) is 0.832. The summed E-state index contributed by atoms with van der Waals surface area (Å²) in [6.45, 7) is 2.00. The van der Waals surface area contributed by atoms with Crippen LogP contribution in [0.3, 0.4) is 0 Å². The smallest absolute Gasteiger partial charge is 0.244 e. The Bertz CT molecular complexity index is 295. The lowest BCUT2D eigenvalue weighted by Crippen LogP contribution is -2.26. The van der Waals surface area contributed by atoms with Crippen LogP contribution in [0, 0.1) is 0 Å². The molecular formula is C5H8N4O. The quantitative estimate of drug-likeness (QED) is 0.570. The lowest BCUT2D eigenvalue weighted by atomic mass is 10.3. The highest BCUT2D eigenvalue weighted by Gasteiger charge is 2.42. The first-order valence-electron chi connectivity index (χ1n) is 3.23. The van der Waals surface area contributed by atoms with E-state index in [1.54, 1.807) is 0 Å². The van der Waals surface area contributed by atoms with Gasteiger partial charge in [-0.2, -0.15) is 4.68 Å². The van der Waals surface area contributed by atoms with Crippen LogP contribution < -0.4 is 5.69 Å². The molecule has 0 bridgehead atoms. The van der Waals surface area contributed by atoms with Crippen LogP contribution >= 0.6 is 0 Å². The van der Waals surface area contributed by atoms with Crippen molar-refractivity contribution in [2.75, 3.05) is 0 Å². The summed E-state index contributed by atoms with van der Waals surface area (Å²) in [5.41, 5.74) is -0.246. The fraction of sp³-hybridized carbons (Fsp3) is 0.800. The van der Waals surface area contributed by atoms with Crippen LogP contribution in [0.5, 0.6) is 0 Å². The van der Waals surface area contributed by atoms with E-state index in [0.717, 1.165) is 12.8 Å². The van der Waals surface area contributed by atoms with E-state index in [1.165, 1.54) is 4.68 Å². The van der Waals surface area contributed by atoms with E-state index in [2.05, 4.69) is 15.5 Å². The normalized spacial score (nSPS) is 20.9. The van der Waals surface area contributed by atoms with Crippen molar-refractivity contribution >= 4 is 0 Å². The number of hydrogen-bond acceptors (Lipinski definition) is 3.